The quantitative estimate of drug-likeness (QED) is 0.315. The second-order valence-electron chi connectivity index (χ2n) is 10.3. The Morgan fingerprint density at radius 1 is 1.14 bits per heavy atom. The number of ether oxygens (including phenoxy) is 5. The summed E-state index contributed by atoms with van der Waals surface area (Å²) in [5.74, 6) is -3.26. The highest BCUT2D eigenvalue weighted by Crippen LogP contribution is 2.55. The average Bonchev–Trinajstić information content (AvgIpc) is 3.34. The number of methoxy groups -OCH3 is 3. The van der Waals surface area contributed by atoms with Gasteiger partial charge in [0.25, 0.3) is 0 Å². The van der Waals surface area contributed by atoms with Gasteiger partial charge in [-0.3, -0.25) is 19.4 Å². The topological polar surface area (TPSA) is 130 Å². The fourth-order valence-corrected chi connectivity index (χ4v) is 5.91. The Balaban J connectivity index is 1.62. The molecule has 1 aliphatic carbocycles. The summed E-state index contributed by atoms with van der Waals surface area (Å²) in [5.41, 5.74) is -0.752. The lowest BCUT2D eigenvalue weighted by atomic mass is 9.69. The molecule has 0 saturated heterocycles. The number of esters is 1. The van der Waals surface area contributed by atoms with Crippen LogP contribution in [-0.4, -0.2) is 54.6 Å². The van der Waals surface area contributed by atoms with Crippen molar-refractivity contribution < 1.29 is 43.2 Å². The number of aliphatic hydroxyl groups is 1. The fraction of sp³-hybridized carbons (Fsp3) is 0.312. The Bertz CT molecular complexity index is 1620. The van der Waals surface area contributed by atoms with E-state index in [-0.39, 0.29) is 52.9 Å². The van der Waals surface area contributed by atoms with Gasteiger partial charge in [0.2, 0.25) is 11.4 Å². The maximum absolute atomic E-state index is 14.2. The number of ketones is 2. The number of aromatic nitrogens is 1. The highest BCUT2D eigenvalue weighted by molar-refractivity contribution is 6.35. The van der Waals surface area contributed by atoms with Gasteiger partial charge in [-0.25, -0.2) is 0 Å². The summed E-state index contributed by atoms with van der Waals surface area (Å²) in [6.45, 7) is 1.87. The molecule has 43 heavy (non-hydrogen) atoms. The Labute approximate surface area is 253 Å². The van der Waals surface area contributed by atoms with Crippen LogP contribution in [0.4, 0.5) is 0 Å². The maximum atomic E-state index is 14.2. The molecule has 0 amide bonds. The van der Waals surface area contributed by atoms with Crippen molar-refractivity contribution in [1.82, 2.24) is 4.98 Å². The van der Waals surface area contributed by atoms with Crippen LogP contribution in [0.15, 0.2) is 66.2 Å². The van der Waals surface area contributed by atoms with Crippen LogP contribution in [0.3, 0.4) is 0 Å². The smallest absolute Gasteiger partial charge is 0.306 e. The number of carbonyl (C=O) groups excluding carboxylic acids is 3. The zero-order valence-electron chi connectivity index (χ0n) is 24.0. The van der Waals surface area contributed by atoms with Gasteiger partial charge in [-0.05, 0) is 23.8 Å². The number of rotatable bonds is 9. The van der Waals surface area contributed by atoms with E-state index in [1.54, 1.807) is 49.6 Å². The predicted molar refractivity (Wildman–Crippen MR) is 155 cm³/mol. The largest absolute Gasteiger partial charge is 0.507 e. The van der Waals surface area contributed by atoms with E-state index in [0.717, 1.165) is 5.56 Å². The molecule has 1 N–H and O–H groups in total. The number of hydrogen-bond donors (Lipinski definition) is 1. The standard InChI is InChI=1S/C32H30ClNO9/c1-17-11-22(35)26(30(37)32(17)31(38)27-23(39-2)14-24(40-3)28(33)29(27)43-32)21(13-25(36)41-4)19-8-5-9-20(12-19)42-16-18-7-6-10-34-15-18/h5-10,12,14-15,17,21,37H,11,13,16H2,1-4H3/t17-,21+,32+/m1/s1. The van der Waals surface area contributed by atoms with Crippen LogP contribution in [0.2, 0.25) is 5.02 Å². The normalized spacial score (nSPS) is 20.0. The Morgan fingerprint density at radius 3 is 2.58 bits per heavy atom. The zero-order chi connectivity index (χ0) is 30.9. The Kier molecular flexibility index (Phi) is 8.32. The van der Waals surface area contributed by atoms with Crippen molar-refractivity contribution in [3.05, 3.63) is 87.9 Å². The van der Waals surface area contributed by atoms with Crippen LogP contribution in [-0.2, 0) is 20.9 Å². The number of carbonyl (C=O) groups is 3. The molecule has 3 atom stereocenters. The number of nitrogens with zero attached hydrogens (tertiary/aromatic N) is 1. The Hall–Kier alpha value is -4.57. The second kappa shape index (κ2) is 12.0. The van der Waals surface area contributed by atoms with Gasteiger partial charge in [-0.2, -0.15) is 0 Å². The SMILES string of the molecule is COC(=O)C[C@H](C1=C(O)[C@@]2(Oc3c(Cl)c(OC)cc(OC)c3C2=O)[C@H](C)CC1=O)c1cccc(OCc2cccnc2)c1. The number of pyridine rings is 1. The minimum absolute atomic E-state index is 0.0200. The van der Waals surface area contributed by atoms with Gasteiger partial charge < -0.3 is 28.8 Å². The zero-order valence-corrected chi connectivity index (χ0v) is 24.8. The molecule has 0 saturated carbocycles. The first kappa shape index (κ1) is 29.9. The summed E-state index contributed by atoms with van der Waals surface area (Å²) < 4.78 is 27.9. The molecule has 3 aromatic rings. The predicted octanol–water partition coefficient (Wildman–Crippen LogP) is 5.41. The minimum Gasteiger partial charge on any atom is -0.507 e. The van der Waals surface area contributed by atoms with E-state index in [1.807, 2.05) is 6.07 Å². The summed E-state index contributed by atoms with van der Waals surface area (Å²) in [6, 6.07) is 12.0. The molecule has 11 heteroatoms. The third-order valence-electron chi connectivity index (χ3n) is 7.85. The highest BCUT2D eigenvalue weighted by Gasteiger charge is 2.61. The summed E-state index contributed by atoms with van der Waals surface area (Å²) in [5, 5.41) is 11.9. The van der Waals surface area contributed by atoms with E-state index >= 15 is 0 Å². The first-order valence-electron chi connectivity index (χ1n) is 13.5. The van der Waals surface area contributed by atoms with E-state index in [9.17, 15) is 19.5 Å². The van der Waals surface area contributed by atoms with Crippen molar-refractivity contribution in [1.29, 1.82) is 0 Å². The van der Waals surface area contributed by atoms with Crippen molar-refractivity contribution in [2.45, 2.75) is 37.9 Å². The number of benzene rings is 2. The van der Waals surface area contributed by atoms with Crippen molar-refractivity contribution >= 4 is 29.1 Å². The summed E-state index contributed by atoms with van der Waals surface area (Å²) in [4.78, 5) is 44.6. The third-order valence-corrected chi connectivity index (χ3v) is 8.21. The van der Waals surface area contributed by atoms with Gasteiger partial charge in [-0.1, -0.05) is 36.7 Å². The molecule has 1 aromatic heterocycles. The summed E-state index contributed by atoms with van der Waals surface area (Å²) >= 11 is 6.55. The number of aliphatic hydroxyl groups excluding tert-OH is 1. The monoisotopic (exact) mass is 607 g/mol. The second-order valence-corrected chi connectivity index (χ2v) is 10.7. The molecule has 0 radical (unpaired) electrons. The highest BCUT2D eigenvalue weighted by atomic mass is 35.5. The molecule has 1 aliphatic heterocycles. The molecular weight excluding hydrogens is 578 g/mol. The van der Waals surface area contributed by atoms with Gasteiger partial charge in [0.05, 0.1) is 27.8 Å². The first-order chi connectivity index (χ1) is 20.7. The molecule has 2 heterocycles. The minimum atomic E-state index is -1.99. The van der Waals surface area contributed by atoms with E-state index < -0.39 is 40.7 Å². The average molecular weight is 608 g/mol. The lowest BCUT2D eigenvalue weighted by Crippen LogP contribution is -2.53. The van der Waals surface area contributed by atoms with Crippen LogP contribution in [0.1, 0.15) is 47.2 Å². The van der Waals surface area contributed by atoms with Crippen LogP contribution >= 0.6 is 11.6 Å². The fourth-order valence-electron chi connectivity index (χ4n) is 5.65. The third kappa shape index (κ3) is 5.16. The van der Waals surface area contributed by atoms with E-state index in [1.165, 1.54) is 27.4 Å². The number of Topliss-reactive ketones (excluding diaryl/α,β-unsaturated/α-hetero) is 2. The van der Waals surface area contributed by atoms with Crippen LogP contribution in [0.25, 0.3) is 0 Å². The van der Waals surface area contributed by atoms with Gasteiger partial charge >= 0.3 is 5.97 Å². The van der Waals surface area contributed by atoms with Crippen molar-refractivity contribution in [2.24, 2.45) is 5.92 Å². The van der Waals surface area contributed by atoms with Gasteiger partial charge in [-0.15, -0.1) is 0 Å². The summed E-state index contributed by atoms with van der Waals surface area (Å²) in [7, 11) is 4.02. The van der Waals surface area contributed by atoms with Crippen molar-refractivity contribution in [3.8, 4) is 23.0 Å². The van der Waals surface area contributed by atoms with E-state index in [0.29, 0.717) is 11.3 Å². The molecule has 0 fully saturated rings. The molecule has 2 aromatic carbocycles. The number of hydrogen-bond acceptors (Lipinski definition) is 10. The van der Waals surface area contributed by atoms with E-state index in [4.69, 9.17) is 35.3 Å². The molecule has 224 valence electrons. The maximum Gasteiger partial charge on any atom is 0.306 e. The summed E-state index contributed by atoms with van der Waals surface area (Å²) in [6.07, 6.45) is 2.90. The van der Waals surface area contributed by atoms with Crippen molar-refractivity contribution in [3.63, 3.8) is 0 Å². The molecule has 1 spiro atoms. The lowest BCUT2D eigenvalue weighted by molar-refractivity contribution is -0.140. The molecule has 0 bridgehead atoms. The Morgan fingerprint density at radius 2 is 1.91 bits per heavy atom. The van der Waals surface area contributed by atoms with Gasteiger partial charge in [0, 0.05) is 47.9 Å². The van der Waals surface area contributed by atoms with Crippen LogP contribution in [0.5, 0.6) is 23.0 Å². The molecule has 10 nitrogen and oxygen atoms in total. The molecular formula is C32H30ClNO9. The number of halogens is 1. The van der Waals surface area contributed by atoms with Crippen LogP contribution in [0, 0.1) is 5.92 Å². The molecule has 2 aliphatic rings. The van der Waals surface area contributed by atoms with Crippen LogP contribution < -0.4 is 18.9 Å². The first-order valence-corrected chi connectivity index (χ1v) is 13.9. The number of fused-ring (bicyclic) bond motifs is 1. The van der Waals surface area contributed by atoms with Crippen molar-refractivity contribution in [2.75, 3.05) is 21.3 Å². The molecule has 5 rings (SSSR count). The number of allylic oxidation sites excluding steroid dienone is 1. The molecule has 0 unspecified atom stereocenters. The van der Waals surface area contributed by atoms with Gasteiger partial charge in [0.1, 0.15) is 34.4 Å². The lowest BCUT2D eigenvalue weighted by Gasteiger charge is -2.38. The van der Waals surface area contributed by atoms with E-state index in [2.05, 4.69) is 4.98 Å². The van der Waals surface area contributed by atoms with Gasteiger partial charge in [0.15, 0.2) is 17.3 Å².